The van der Waals surface area contributed by atoms with E-state index in [1.165, 1.54) is 0 Å². The summed E-state index contributed by atoms with van der Waals surface area (Å²) in [5, 5.41) is 9.06. The Kier molecular flexibility index (Phi) is 2.55. The molecule has 0 bridgehead atoms. The summed E-state index contributed by atoms with van der Waals surface area (Å²) in [6.45, 7) is 7.36. The molecule has 0 amide bonds. The molecule has 1 radical (unpaired) electrons. The molecule has 12 heavy (non-hydrogen) atoms. The van der Waals surface area contributed by atoms with Crippen LogP contribution in [0.5, 0.6) is 0 Å². The summed E-state index contributed by atoms with van der Waals surface area (Å²) in [7, 11) is 0. The van der Waals surface area contributed by atoms with Gasteiger partial charge >= 0.3 is 5.97 Å². The van der Waals surface area contributed by atoms with E-state index in [0.717, 1.165) is 19.3 Å². The third-order valence-corrected chi connectivity index (χ3v) is 2.87. The summed E-state index contributed by atoms with van der Waals surface area (Å²) >= 11 is 0. The van der Waals surface area contributed by atoms with Crippen LogP contribution in [0.15, 0.2) is 5.57 Å². The van der Waals surface area contributed by atoms with Gasteiger partial charge in [0.1, 0.15) is 0 Å². The minimum atomic E-state index is -0.748. The molecule has 2 heteroatoms. The first-order chi connectivity index (χ1) is 5.59. The highest BCUT2D eigenvalue weighted by atomic mass is 16.4. The van der Waals surface area contributed by atoms with Crippen LogP contribution < -0.4 is 0 Å². The number of carboxylic acid groups (broad SMARTS) is 1. The molecule has 0 aromatic heterocycles. The second kappa shape index (κ2) is 3.30. The molecule has 2 nitrogen and oxygen atoms in total. The first-order valence-corrected chi connectivity index (χ1v) is 4.42. The van der Waals surface area contributed by atoms with Crippen LogP contribution in [0.4, 0.5) is 0 Å². The predicted octanol–water partition coefficient (Wildman–Crippen LogP) is 2.40. The van der Waals surface area contributed by atoms with Crippen molar-refractivity contribution in [2.24, 2.45) is 5.41 Å². The molecule has 1 aliphatic rings. The van der Waals surface area contributed by atoms with Crippen molar-refractivity contribution in [1.29, 1.82) is 0 Å². The van der Waals surface area contributed by atoms with E-state index < -0.39 is 11.4 Å². The second-order valence-corrected chi connectivity index (χ2v) is 3.63. The van der Waals surface area contributed by atoms with Crippen molar-refractivity contribution in [3.63, 3.8) is 0 Å². The van der Waals surface area contributed by atoms with Crippen molar-refractivity contribution in [3.8, 4) is 0 Å². The Hall–Kier alpha value is -0.790. The third-order valence-electron chi connectivity index (χ3n) is 2.87. The number of hydrogen-bond acceptors (Lipinski definition) is 1. The topological polar surface area (TPSA) is 37.3 Å². The average molecular weight is 167 g/mol. The molecule has 1 saturated carbocycles. The van der Waals surface area contributed by atoms with E-state index in [9.17, 15) is 4.79 Å². The SMILES string of the molecule is [CH]=C(C)C1(C(=O)O)CCCCC1. The summed E-state index contributed by atoms with van der Waals surface area (Å²) in [6, 6.07) is 0. The number of rotatable bonds is 2. The van der Waals surface area contributed by atoms with E-state index in [0.29, 0.717) is 18.4 Å². The fourth-order valence-electron chi connectivity index (χ4n) is 1.93. The van der Waals surface area contributed by atoms with Crippen LogP contribution in [0.3, 0.4) is 0 Å². The van der Waals surface area contributed by atoms with E-state index in [4.69, 9.17) is 11.7 Å². The Labute approximate surface area is 73.3 Å². The van der Waals surface area contributed by atoms with Crippen LogP contribution >= 0.6 is 0 Å². The number of carbonyl (C=O) groups is 1. The van der Waals surface area contributed by atoms with E-state index in [1.807, 2.05) is 0 Å². The van der Waals surface area contributed by atoms with Gasteiger partial charge in [-0.25, -0.2) is 0 Å². The summed E-state index contributed by atoms with van der Waals surface area (Å²) in [5.41, 5.74) is -0.146. The van der Waals surface area contributed by atoms with E-state index in [2.05, 4.69) is 0 Å². The zero-order valence-corrected chi connectivity index (χ0v) is 7.47. The third kappa shape index (κ3) is 1.38. The Morgan fingerprint density at radius 1 is 1.33 bits per heavy atom. The van der Waals surface area contributed by atoms with Gasteiger partial charge in [0, 0.05) is 0 Å². The maximum Gasteiger partial charge on any atom is 0.313 e. The van der Waals surface area contributed by atoms with Crippen LogP contribution in [0.1, 0.15) is 39.0 Å². The minimum Gasteiger partial charge on any atom is -0.481 e. The molecule has 1 rings (SSSR count). The smallest absolute Gasteiger partial charge is 0.313 e. The lowest BCUT2D eigenvalue weighted by Gasteiger charge is -2.33. The van der Waals surface area contributed by atoms with Crippen LogP contribution in [0.2, 0.25) is 0 Å². The molecule has 0 aliphatic heterocycles. The molecule has 1 N–H and O–H groups in total. The maximum atomic E-state index is 11.0. The standard InChI is InChI=1S/C10H15O2/c1-8(2)10(9(11)12)6-4-3-5-7-10/h1H,3-7H2,2H3,(H,11,12). The molecule has 1 fully saturated rings. The lowest BCUT2D eigenvalue weighted by atomic mass is 9.70. The van der Waals surface area contributed by atoms with Gasteiger partial charge in [0.2, 0.25) is 0 Å². The van der Waals surface area contributed by atoms with Crippen LogP contribution in [0.25, 0.3) is 0 Å². The number of hydrogen-bond donors (Lipinski definition) is 1. The molecule has 0 aromatic rings. The molecular weight excluding hydrogens is 152 g/mol. The maximum absolute atomic E-state index is 11.0. The first-order valence-electron chi connectivity index (χ1n) is 4.42. The second-order valence-electron chi connectivity index (χ2n) is 3.63. The average Bonchev–Trinajstić information content (AvgIpc) is 2.05. The Balaban J connectivity index is 2.84. The van der Waals surface area contributed by atoms with Crippen molar-refractivity contribution in [2.75, 3.05) is 0 Å². The highest BCUT2D eigenvalue weighted by Gasteiger charge is 2.40. The van der Waals surface area contributed by atoms with Gasteiger partial charge in [-0.05, 0) is 19.8 Å². The van der Waals surface area contributed by atoms with Gasteiger partial charge in [0.15, 0.2) is 0 Å². The Morgan fingerprint density at radius 3 is 2.08 bits per heavy atom. The first kappa shape index (κ1) is 9.30. The normalized spacial score (nSPS) is 21.8. The van der Waals surface area contributed by atoms with Gasteiger partial charge in [-0.3, -0.25) is 4.79 Å². The molecule has 0 heterocycles. The zero-order chi connectivity index (χ0) is 9.19. The van der Waals surface area contributed by atoms with Crippen molar-refractivity contribution in [2.45, 2.75) is 39.0 Å². The molecular formula is C10H15O2. The summed E-state index contributed by atoms with van der Waals surface area (Å²) in [5.74, 6) is -0.748. The van der Waals surface area contributed by atoms with Gasteiger partial charge in [0.25, 0.3) is 0 Å². The molecule has 67 valence electrons. The van der Waals surface area contributed by atoms with Gasteiger partial charge in [0.05, 0.1) is 5.41 Å². The van der Waals surface area contributed by atoms with Crippen molar-refractivity contribution >= 4 is 5.97 Å². The molecule has 0 spiro atoms. The summed E-state index contributed by atoms with van der Waals surface area (Å²) in [6.07, 6.45) is 4.54. The highest BCUT2D eigenvalue weighted by molar-refractivity contribution is 5.78. The number of aliphatic carboxylic acids is 1. The van der Waals surface area contributed by atoms with E-state index in [-0.39, 0.29) is 0 Å². The molecule has 0 aromatic carbocycles. The van der Waals surface area contributed by atoms with Crippen LogP contribution in [-0.2, 0) is 4.79 Å². The van der Waals surface area contributed by atoms with Gasteiger partial charge in [-0.1, -0.05) is 31.4 Å². The molecule has 1 aliphatic carbocycles. The van der Waals surface area contributed by atoms with E-state index >= 15 is 0 Å². The predicted molar refractivity (Wildman–Crippen MR) is 46.6 cm³/mol. The minimum absolute atomic E-state index is 0.565. The Bertz CT molecular complexity index is 184. The molecule has 0 saturated heterocycles. The molecule has 0 unspecified atom stereocenters. The van der Waals surface area contributed by atoms with Crippen molar-refractivity contribution in [3.05, 3.63) is 12.2 Å². The molecule has 0 atom stereocenters. The largest absolute Gasteiger partial charge is 0.481 e. The fourth-order valence-corrected chi connectivity index (χ4v) is 1.93. The monoisotopic (exact) mass is 167 g/mol. The van der Waals surface area contributed by atoms with Crippen molar-refractivity contribution < 1.29 is 9.90 Å². The summed E-state index contributed by atoms with van der Waals surface area (Å²) < 4.78 is 0. The fraction of sp³-hybridized carbons (Fsp3) is 0.700. The summed E-state index contributed by atoms with van der Waals surface area (Å²) in [4.78, 5) is 11.0. The van der Waals surface area contributed by atoms with E-state index in [1.54, 1.807) is 6.92 Å². The quantitative estimate of drug-likeness (QED) is 0.685. The van der Waals surface area contributed by atoms with Crippen LogP contribution in [-0.4, -0.2) is 11.1 Å². The van der Waals surface area contributed by atoms with Gasteiger partial charge in [-0.2, -0.15) is 0 Å². The highest BCUT2D eigenvalue weighted by Crippen LogP contribution is 2.41. The Morgan fingerprint density at radius 2 is 1.83 bits per heavy atom. The lowest BCUT2D eigenvalue weighted by molar-refractivity contribution is -0.148. The van der Waals surface area contributed by atoms with Gasteiger partial charge < -0.3 is 5.11 Å². The van der Waals surface area contributed by atoms with Gasteiger partial charge in [-0.15, -0.1) is 0 Å². The zero-order valence-electron chi connectivity index (χ0n) is 7.47. The lowest BCUT2D eigenvalue weighted by Crippen LogP contribution is -2.34. The van der Waals surface area contributed by atoms with Crippen molar-refractivity contribution in [1.82, 2.24) is 0 Å². The number of carboxylic acids is 1. The van der Waals surface area contributed by atoms with Crippen LogP contribution in [0, 0.1) is 12.0 Å².